The van der Waals surface area contributed by atoms with Crippen LogP contribution in [0.5, 0.6) is 0 Å². The molecule has 0 saturated carbocycles. The van der Waals surface area contributed by atoms with E-state index >= 15 is 0 Å². The van der Waals surface area contributed by atoms with Gasteiger partial charge in [0.1, 0.15) is 5.69 Å². The van der Waals surface area contributed by atoms with Gasteiger partial charge in [0.15, 0.2) is 0 Å². The number of anilines is 5. The number of rotatable bonds is 8. The van der Waals surface area contributed by atoms with Crippen LogP contribution in [0.3, 0.4) is 0 Å². The molecule has 4 aromatic rings. The van der Waals surface area contributed by atoms with E-state index in [0.717, 1.165) is 11.3 Å². The summed E-state index contributed by atoms with van der Waals surface area (Å²) in [6.45, 7) is 1.44. The van der Waals surface area contributed by atoms with Crippen molar-refractivity contribution in [2.45, 2.75) is 6.92 Å². The first-order chi connectivity index (χ1) is 17.4. The van der Waals surface area contributed by atoms with E-state index in [-0.39, 0.29) is 29.1 Å². The standard InChI is InChI=1S/C27H24N6O3/c1-19(34)28-21-14-16-22(17-15-21)29-27-30-24(18-13-20-9-5-3-6-10-20)25(33(35)36)26(31-27)32(2)23-11-7-4-8-12-23/h3-18H,1-2H3,(H,28,34)(H,29,30,31)/b18-13+. The van der Waals surface area contributed by atoms with Gasteiger partial charge in [-0.1, -0.05) is 54.6 Å². The molecule has 1 aromatic heterocycles. The molecule has 1 amide bonds. The third kappa shape index (κ3) is 5.89. The van der Waals surface area contributed by atoms with E-state index in [9.17, 15) is 14.9 Å². The first-order valence-corrected chi connectivity index (χ1v) is 11.1. The van der Waals surface area contributed by atoms with Crippen LogP contribution in [0.25, 0.3) is 12.2 Å². The maximum absolute atomic E-state index is 12.2. The minimum atomic E-state index is -0.467. The Kier molecular flexibility index (Phi) is 7.30. The summed E-state index contributed by atoms with van der Waals surface area (Å²) in [6, 6.07) is 25.7. The molecule has 0 bridgehead atoms. The zero-order valence-electron chi connectivity index (χ0n) is 19.8. The average Bonchev–Trinajstić information content (AvgIpc) is 2.88. The maximum Gasteiger partial charge on any atom is 0.337 e. The number of nitro groups is 1. The summed E-state index contributed by atoms with van der Waals surface area (Å²) in [5.41, 5.74) is 2.88. The lowest BCUT2D eigenvalue weighted by Crippen LogP contribution is -2.16. The Morgan fingerprint density at radius 1 is 0.889 bits per heavy atom. The van der Waals surface area contributed by atoms with Gasteiger partial charge >= 0.3 is 5.69 Å². The highest BCUT2D eigenvalue weighted by Crippen LogP contribution is 2.35. The van der Waals surface area contributed by atoms with Gasteiger partial charge < -0.3 is 15.5 Å². The summed E-state index contributed by atoms with van der Waals surface area (Å²) in [4.78, 5) is 33.6. The van der Waals surface area contributed by atoms with Crippen molar-refractivity contribution in [2.24, 2.45) is 0 Å². The minimum absolute atomic E-state index is 0.145. The largest absolute Gasteiger partial charge is 0.337 e. The number of carbonyl (C=O) groups excluding carboxylic acids is 1. The molecule has 0 atom stereocenters. The van der Waals surface area contributed by atoms with Gasteiger partial charge in [-0.15, -0.1) is 0 Å². The number of hydrogen-bond donors (Lipinski definition) is 2. The maximum atomic E-state index is 12.2. The van der Waals surface area contributed by atoms with Crippen molar-refractivity contribution < 1.29 is 9.72 Å². The lowest BCUT2D eigenvalue weighted by atomic mass is 10.2. The monoisotopic (exact) mass is 480 g/mol. The van der Waals surface area contributed by atoms with Crippen molar-refractivity contribution in [3.63, 3.8) is 0 Å². The lowest BCUT2D eigenvalue weighted by Gasteiger charge is -2.19. The van der Waals surface area contributed by atoms with E-state index in [4.69, 9.17) is 0 Å². The Labute approximate surface area is 208 Å². The Bertz CT molecular complexity index is 1390. The molecule has 3 aromatic carbocycles. The van der Waals surface area contributed by atoms with Crippen LogP contribution in [0.2, 0.25) is 0 Å². The second-order valence-corrected chi connectivity index (χ2v) is 7.88. The molecule has 0 radical (unpaired) electrons. The quantitative estimate of drug-likeness (QED) is 0.234. The minimum Gasteiger partial charge on any atom is -0.326 e. The predicted octanol–water partition coefficient (Wildman–Crippen LogP) is 6.03. The highest BCUT2D eigenvalue weighted by molar-refractivity contribution is 5.89. The lowest BCUT2D eigenvalue weighted by molar-refractivity contribution is -0.384. The first-order valence-electron chi connectivity index (χ1n) is 11.1. The second-order valence-electron chi connectivity index (χ2n) is 7.88. The molecule has 180 valence electrons. The zero-order chi connectivity index (χ0) is 25.5. The Hall–Kier alpha value is -5.05. The van der Waals surface area contributed by atoms with Crippen LogP contribution in [0.1, 0.15) is 18.2 Å². The summed E-state index contributed by atoms with van der Waals surface area (Å²) in [5.74, 6) is 0.169. The molecule has 9 heteroatoms. The SMILES string of the molecule is CC(=O)Nc1ccc(Nc2nc(/C=C/c3ccccc3)c([N+](=O)[O-])c(N(C)c3ccccc3)n2)cc1. The summed E-state index contributed by atoms with van der Waals surface area (Å²) >= 11 is 0. The number of nitrogens with one attached hydrogen (secondary N) is 2. The van der Waals surface area contributed by atoms with E-state index in [2.05, 4.69) is 20.6 Å². The Morgan fingerprint density at radius 2 is 1.50 bits per heavy atom. The molecule has 4 rings (SSSR count). The normalized spacial score (nSPS) is 10.7. The van der Waals surface area contributed by atoms with Gasteiger partial charge in [0.25, 0.3) is 0 Å². The fourth-order valence-corrected chi connectivity index (χ4v) is 3.52. The number of para-hydroxylation sites is 1. The number of carbonyl (C=O) groups is 1. The molecule has 0 saturated heterocycles. The molecule has 0 fully saturated rings. The Balaban J connectivity index is 1.78. The van der Waals surface area contributed by atoms with Crippen molar-refractivity contribution in [1.29, 1.82) is 0 Å². The molecule has 36 heavy (non-hydrogen) atoms. The van der Waals surface area contributed by atoms with Gasteiger partial charge in [0.2, 0.25) is 17.7 Å². The molecule has 0 aliphatic rings. The summed E-state index contributed by atoms with van der Waals surface area (Å²) in [6.07, 6.45) is 3.39. The van der Waals surface area contributed by atoms with E-state index in [1.807, 2.05) is 60.7 Å². The van der Waals surface area contributed by atoms with E-state index < -0.39 is 4.92 Å². The fourth-order valence-electron chi connectivity index (χ4n) is 3.52. The van der Waals surface area contributed by atoms with Crippen LogP contribution in [0, 0.1) is 10.1 Å². The molecular formula is C27H24N6O3. The Morgan fingerprint density at radius 3 is 2.11 bits per heavy atom. The summed E-state index contributed by atoms with van der Waals surface area (Å²) in [5, 5.41) is 18.0. The number of benzene rings is 3. The van der Waals surface area contributed by atoms with Gasteiger partial charge in [-0.25, -0.2) is 4.98 Å². The van der Waals surface area contributed by atoms with Gasteiger partial charge in [-0.3, -0.25) is 14.9 Å². The first kappa shape index (κ1) is 24.1. The molecule has 2 N–H and O–H groups in total. The van der Waals surface area contributed by atoms with Gasteiger partial charge in [0.05, 0.1) is 4.92 Å². The van der Waals surface area contributed by atoms with Crippen LogP contribution >= 0.6 is 0 Å². The van der Waals surface area contributed by atoms with Crippen molar-refractivity contribution in [3.8, 4) is 0 Å². The van der Waals surface area contributed by atoms with Gasteiger partial charge in [-0.05, 0) is 48.0 Å². The van der Waals surface area contributed by atoms with E-state index in [1.165, 1.54) is 6.92 Å². The van der Waals surface area contributed by atoms with E-state index in [1.54, 1.807) is 48.4 Å². The molecule has 9 nitrogen and oxygen atoms in total. The van der Waals surface area contributed by atoms with Crippen molar-refractivity contribution in [3.05, 3.63) is 106 Å². The predicted molar refractivity (Wildman–Crippen MR) is 143 cm³/mol. The molecule has 0 spiro atoms. The number of amides is 1. The zero-order valence-corrected chi connectivity index (χ0v) is 19.8. The smallest absolute Gasteiger partial charge is 0.326 e. The fraction of sp³-hybridized carbons (Fsp3) is 0.0741. The number of nitrogens with zero attached hydrogens (tertiary/aromatic N) is 4. The molecule has 1 heterocycles. The summed E-state index contributed by atoms with van der Waals surface area (Å²) in [7, 11) is 1.72. The van der Waals surface area contributed by atoms with E-state index in [0.29, 0.717) is 11.4 Å². The van der Waals surface area contributed by atoms with Crippen molar-refractivity contribution >= 4 is 52.6 Å². The molecule has 0 unspecified atom stereocenters. The van der Waals surface area contributed by atoms with Crippen LogP contribution < -0.4 is 15.5 Å². The number of aromatic nitrogens is 2. The highest BCUT2D eigenvalue weighted by Gasteiger charge is 2.27. The second kappa shape index (κ2) is 10.9. The third-order valence-electron chi connectivity index (χ3n) is 5.23. The van der Waals surface area contributed by atoms with Crippen LogP contribution in [0.15, 0.2) is 84.9 Å². The van der Waals surface area contributed by atoms with Crippen LogP contribution in [0.4, 0.5) is 34.5 Å². The third-order valence-corrected chi connectivity index (χ3v) is 5.23. The highest BCUT2D eigenvalue weighted by atomic mass is 16.6. The molecule has 0 aliphatic carbocycles. The van der Waals surface area contributed by atoms with Crippen LogP contribution in [-0.2, 0) is 4.79 Å². The topological polar surface area (TPSA) is 113 Å². The van der Waals surface area contributed by atoms with Crippen molar-refractivity contribution in [2.75, 3.05) is 22.6 Å². The average molecular weight is 481 g/mol. The summed E-state index contributed by atoms with van der Waals surface area (Å²) < 4.78 is 0. The van der Waals surface area contributed by atoms with Gasteiger partial charge in [0, 0.05) is 31.0 Å². The molecule has 0 aliphatic heterocycles. The van der Waals surface area contributed by atoms with Crippen LogP contribution in [-0.4, -0.2) is 27.8 Å². The number of hydrogen-bond acceptors (Lipinski definition) is 7. The van der Waals surface area contributed by atoms with Gasteiger partial charge in [-0.2, -0.15) is 4.98 Å². The molecular weight excluding hydrogens is 456 g/mol. The van der Waals surface area contributed by atoms with Crippen molar-refractivity contribution in [1.82, 2.24) is 9.97 Å².